The summed E-state index contributed by atoms with van der Waals surface area (Å²) in [5.74, 6) is 0.295. The van der Waals surface area contributed by atoms with Crippen LogP contribution in [-0.4, -0.2) is 66.6 Å². The van der Waals surface area contributed by atoms with Gasteiger partial charge >= 0.3 is 0 Å². The highest BCUT2D eigenvalue weighted by atomic mass is 32.2. The number of sulfone groups is 1. The van der Waals surface area contributed by atoms with Gasteiger partial charge in [-0.15, -0.1) is 0 Å². The van der Waals surface area contributed by atoms with Gasteiger partial charge < -0.3 is 10.5 Å². The van der Waals surface area contributed by atoms with E-state index in [1.807, 2.05) is 6.07 Å². The largest absolute Gasteiger partial charge is 0.383 e. The van der Waals surface area contributed by atoms with Crippen LogP contribution in [-0.2, 0) is 27.4 Å². The van der Waals surface area contributed by atoms with E-state index < -0.39 is 9.84 Å². The first kappa shape index (κ1) is 27.9. The lowest BCUT2D eigenvalue weighted by Gasteiger charge is -2.56. The topological polar surface area (TPSA) is 122 Å². The molecular weight excluding hydrogens is 558 g/mol. The molecule has 2 aromatic heterocycles. The molecular formula is C34H35N5O3S. The smallest absolute Gasteiger partial charge is 0.177 e. The quantitative estimate of drug-likeness (QED) is 0.240. The number of hydrogen-bond acceptors (Lipinski definition) is 8. The van der Waals surface area contributed by atoms with E-state index in [-0.39, 0.29) is 10.6 Å². The highest BCUT2D eigenvalue weighted by Gasteiger charge is 2.45. The summed E-state index contributed by atoms with van der Waals surface area (Å²) in [6, 6.07) is 20.8. The molecule has 1 aliphatic carbocycles. The molecule has 7 rings (SSSR count). The number of hydrogen-bond donors (Lipinski definition) is 2. The molecule has 0 saturated carbocycles. The zero-order valence-corrected chi connectivity index (χ0v) is 25.0. The van der Waals surface area contributed by atoms with Crippen molar-refractivity contribution in [3.8, 4) is 22.4 Å². The molecule has 3 N–H and O–H groups in total. The summed E-state index contributed by atoms with van der Waals surface area (Å²) in [6.07, 6.45) is 10.3. The number of nitrogens with one attached hydrogen (secondary N) is 1. The Morgan fingerprint density at radius 3 is 2.35 bits per heavy atom. The van der Waals surface area contributed by atoms with Gasteiger partial charge in [-0.3, -0.25) is 15.3 Å². The van der Waals surface area contributed by atoms with E-state index >= 15 is 0 Å². The van der Waals surface area contributed by atoms with E-state index in [0.717, 1.165) is 37.2 Å². The zero-order valence-electron chi connectivity index (χ0n) is 24.2. The van der Waals surface area contributed by atoms with E-state index in [1.54, 1.807) is 48.8 Å². The first-order valence-electron chi connectivity index (χ1n) is 14.8. The minimum absolute atomic E-state index is 0.174. The number of aromatic nitrogens is 2. The average Bonchev–Trinajstić information content (AvgIpc) is 3.23. The molecule has 0 spiro atoms. The Labute approximate surface area is 252 Å². The number of morpholine rings is 1. The molecule has 4 heterocycles. The third-order valence-electron chi connectivity index (χ3n) is 9.27. The second-order valence-corrected chi connectivity index (χ2v) is 14.0. The number of ether oxygens (including phenoxy) is 1. The van der Waals surface area contributed by atoms with Gasteiger partial charge in [-0.2, -0.15) is 0 Å². The van der Waals surface area contributed by atoms with Crippen molar-refractivity contribution in [3.63, 3.8) is 0 Å². The summed E-state index contributed by atoms with van der Waals surface area (Å²) in [4.78, 5) is 11.7. The standard InChI is InChI=1S/C34H35N5O3S/c1-43(40,41)31-3-2-14-37-33(31)23-7-5-22(6-8-23)32(35)30-16-26(18-38-34(30)36)25-9-4-21-10-12-27(13-11-24(21)15-25)39-28-17-29(39)20-42-19-28/h2-9,14-16,18,27-29,35H,10-13,17,19-20H2,1H3,(H2,36,38)/t27-,28?,29?/m0/s1. The van der Waals surface area contributed by atoms with Gasteiger partial charge in [-0.05, 0) is 67.0 Å². The lowest BCUT2D eigenvalue weighted by Crippen LogP contribution is -2.66. The Morgan fingerprint density at radius 2 is 1.63 bits per heavy atom. The lowest BCUT2D eigenvalue weighted by atomic mass is 9.87. The molecule has 0 radical (unpaired) electrons. The summed E-state index contributed by atoms with van der Waals surface area (Å²) < 4.78 is 30.2. The summed E-state index contributed by atoms with van der Waals surface area (Å²) >= 11 is 0. The SMILES string of the molecule is CS(=O)(=O)c1cccnc1-c1ccc(C(=N)c2cc(-c3ccc4c(c3)CC[C@@H](N3C5COCC3C5)CC4)cnc2N)cc1. The molecule has 3 atom stereocenters. The van der Waals surface area contributed by atoms with Crippen LogP contribution in [0.1, 0.15) is 41.5 Å². The summed E-state index contributed by atoms with van der Waals surface area (Å²) in [7, 11) is -3.44. The Bertz CT molecular complexity index is 1810. The van der Waals surface area contributed by atoms with Gasteiger partial charge in [0.25, 0.3) is 0 Å². The molecule has 220 valence electrons. The number of aryl methyl sites for hydroxylation is 2. The molecule has 9 heteroatoms. The molecule has 2 saturated heterocycles. The van der Waals surface area contributed by atoms with Crippen LogP contribution < -0.4 is 5.73 Å². The van der Waals surface area contributed by atoms with Gasteiger partial charge in [0.1, 0.15) is 5.82 Å². The van der Waals surface area contributed by atoms with Crippen molar-refractivity contribution in [2.45, 2.75) is 55.1 Å². The zero-order chi connectivity index (χ0) is 29.7. The number of anilines is 1. The van der Waals surface area contributed by atoms with Crippen LogP contribution in [0.25, 0.3) is 22.4 Å². The molecule has 2 aromatic carbocycles. The molecule has 3 aliphatic rings. The molecule has 0 amide bonds. The minimum atomic E-state index is -3.44. The number of rotatable bonds is 6. The van der Waals surface area contributed by atoms with Crippen LogP contribution in [0.15, 0.2) is 78.0 Å². The van der Waals surface area contributed by atoms with Gasteiger partial charge in [0, 0.05) is 59.0 Å². The van der Waals surface area contributed by atoms with Gasteiger partial charge in [0.05, 0.1) is 29.5 Å². The highest BCUT2D eigenvalue weighted by molar-refractivity contribution is 7.90. The molecule has 8 nitrogen and oxygen atoms in total. The molecule has 43 heavy (non-hydrogen) atoms. The summed E-state index contributed by atoms with van der Waals surface area (Å²) in [6.45, 7) is 1.76. The van der Waals surface area contributed by atoms with Crippen molar-refractivity contribution in [1.29, 1.82) is 5.41 Å². The van der Waals surface area contributed by atoms with Gasteiger partial charge in [0.15, 0.2) is 9.84 Å². The van der Waals surface area contributed by atoms with Crippen molar-refractivity contribution in [2.75, 3.05) is 25.2 Å². The molecule has 2 aliphatic heterocycles. The van der Waals surface area contributed by atoms with Crippen LogP contribution >= 0.6 is 0 Å². The maximum Gasteiger partial charge on any atom is 0.177 e. The lowest BCUT2D eigenvalue weighted by molar-refractivity contribution is -0.148. The van der Waals surface area contributed by atoms with Crippen LogP contribution in [0, 0.1) is 5.41 Å². The summed E-state index contributed by atoms with van der Waals surface area (Å²) in [5.41, 5.74) is 13.6. The fraction of sp³-hybridized carbons (Fsp3) is 0.324. The van der Waals surface area contributed by atoms with Gasteiger partial charge in [0.2, 0.25) is 0 Å². The number of nitrogens with two attached hydrogens (primary N) is 1. The van der Waals surface area contributed by atoms with Crippen LogP contribution in [0.2, 0.25) is 0 Å². The summed E-state index contributed by atoms with van der Waals surface area (Å²) in [5, 5.41) is 8.96. The van der Waals surface area contributed by atoms with E-state index in [1.165, 1.54) is 36.6 Å². The monoisotopic (exact) mass is 593 g/mol. The fourth-order valence-electron chi connectivity index (χ4n) is 7.02. The fourth-order valence-corrected chi connectivity index (χ4v) is 7.87. The van der Waals surface area contributed by atoms with Gasteiger partial charge in [-0.25, -0.2) is 13.4 Å². The predicted octanol–water partition coefficient (Wildman–Crippen LogP) is 4.93. The minimum Gasteiger partial charge on any atom is -0.383 e. The van der Waals surface area contributed by atoms with Gasteiger partial charge in [-0.1, -0.05) is 42.5 Å². The second kappa shape index (κ2) is 11.0. The van der Waals surface area contributed by atoms with Crippen LogP contribution in [0.5, 0.6) is 0 Å². The van der Waals surface area contributed by atoms with Crippen molar-refractivity contribution in [2.24, 2.45) is 0 Å². The average molecular weight is 594 g/mol. The number of benzene rings is 2. The van der Waals surface area contributed by atoms with Crippen molar-refractivity contribution >= 4 is 21.4 Å². The second-order valence-electron chi connectivity index (χ2n) is 12.0. The predicted molar refractivity (Wildman–Crippen MR) is 168 cm³/mol. The molecule has 2 bridgehead atoms. The Balaban J connectivity index is 1.12. The number of nitrogens with zero attached hydrogens (tertiary/aromatic N) is 3. The molecule has 2 fully saturated rings. The first-order chi connectivity index (χ1) is 20.8. The first-order valence-corrected chi connectivity index (χ1v) is 16.7. The normalized spacial score (nSPS) is 21.8. The van der Waals surface area contributed by atoms with Crippen molar-refractivity contribution in [1.82, 2.24) is 14.9 Å². The Kier molecular flexibility index (Phi) is 7.12. The third kappa shape index (κ3) is 5.26. The molecule has 4 aromatic rings. The third-order valence-corrected chi connectivity index (χ3v) is 10.4. The molecule has 2 unspecified atom stereocenters. The van der Waals surface area contributed by atoms with Crippen LogP contribution in [0.3, 0.4) is 0 Å². The van der Waals surface area contributed by atoms with E-state index in [0.29, 0.717) is 46.3 Å². The van der Waals surface area contributed by atoms with E-state index in [4.69, 9.17) is 15.9 Å². The maximum absolute atomic E-state index is 12.3. The number of fused-ring (bicyclic) bond motifs is 3. The Morgan fingerprint density at radius 1 is 0.907 bits per heavy atom. The highest BCUT2D eigenvalue weighted by Crippen LogP contribution is 2.38. The maximum atomic E-state index is 12.3. The van der Waals surface area contributed by atoms with Crippen molar-refractivity contribution in [3.05, 3.63) is 95.3 Å². The Hall–Kier alpha value is -3.92. The van der Waals surface area contributed by atoms with Crippen molar-refractivity contribution < 1.29 is 13.2 Å². The van der Waals surface area contributed by atoms with E-state index in [2.05, 4.69) is 33.1 Å². The van der Waals surface area contributed by atoms with E-state index in [9.17, 15) is 8.42 Å². The number of nitrogen functional groups attached to an aromatic ring is 1. The van der Waals surface area contributed by atoms with Crippen LogP contribution in [0.4, 0.5) is 5.82 Å². The number of pyridine rings is 2.